The van der Waals surface area contributed by atoms with E-state index in [1.165, 1.54) is 12.0 Å². The molecular weight excluding hydrogens is 260 g/mol. The molecule has 0 radical (unpaired) electrons. The lowest BCUT2D eigenvalue weighted by atomic mass is 10.1. The third-order valence-corrected chi connectivity index (χ3v) is 3.48. The van der Waals surface area contributed by atoms with Gasteiger partial charge in [0, 0.05) is 26.7 Å². The molecule has 0 aliphatic carbocycles. The Labute approximate surface area is 129 Å². The second kappa shape index (κ2) is 11.1. The Morgan fingerprint density at radius 1 is 1.05 bits per heavy atom. The van der Waals surface area contributed by atoms with Crippen LogP contribution in [0.2, 0.25) is 0 Å². The van der Waals surface area contributed by atoms with Crippen LogP contribution in [-0.2, 0) is 6.42 Å². The first-order valence-electron chi connectivity index (χ1n) is 8.01. The van der Waals surface area contributed by atoms with Crippen LogP contribution in [0.3, 0.4) is 0 Å². The maximum atomic E-state index is 4.26. The summed E-state index contributed by atoms with van der Waals surface area (Å²) >= 11 is 0. The summed E-state index contributed by atoms with van der Waals surface area (Å²) in [5.41, 5.74) is 1.35. The normalized spacial score (nSPS) is 11.7. The molecule has 2 N–H and O–H groups in total. The van der Waals surface area contributed by atoms with Crippen molar-refractivity contribution in [2.75, 3.05) is 39.8 Å². The predicted octanol–water partition coefficient (Wildman–Crippen LogP) is 2.13. The summed E-state index contributed by atoms with van der Waals surface area (Å²) in [6.07, 6.45) is 2.22. The fourth-order valence-corrected chi connectivity index (χ4v) is 2.27. The molecule has 1 aromatic carbocycles. The Morgan fingerprint density at radius 2 is 1.76 bits per heavy atom. The molecule has 0 atom stereocenters. The van der Waals surface area contributed by atoms with Gasteiger partial charge in [-0.3, -0.25) is 4.99 Å². The highest BCUT2D eigenvalue weighted by Crippen LogP contribution is 1.97. The molecule has 4 nitrogen and oxygen atoms in total. The number of likely N-dealkylation sites (N-methyl/N-ethyl adjacent to an activating group) is 1. The monoisotopic (exact) mass is 290 g/mol. The Bertz CT molecular complexity index is 389. The number of guanidine groups is 1. The van der Waals surface area contributed by atoms with Crippen molar-refractivity contribution in [3.05, 3.63) is 35.9 Å². The van der Waals surface area contributed by atoms with Crippen LogP contribution >= 0.6 is 0 Å². The van der Waals surface area contributed by atoms with Crippen LogP contribution in [0.1, 0.15) is 25.8 Å². The maximum Gasteiger partial charge on any atom is 0.191 e. The molecule has 0 saturated carbocycles. The number of nitrogens with zero attached hydrogens (tertiary/aromatic N) is 2. The zero-order chi connectivity index (χ0) is 15.3. The minimum absolute atomic E-state index is 0.887. The van der Waals surface area contributed by atoms with Gasteiger partial charge in [-0.25, -0.2) is 0 Å². The van der Waals surface area contributed by atoms with E-state index in [-0.39, 0.29) is 0 Å². The summed E-state index contributed by atoms with van der Waals surface area (Å²) in [5, 5.41) is 6.74. The van der Waals surface area contributed by atoms with E-state index in [4.69, 9.17) is 0 Å². The fourth-order valence-electron chi connectivity index (χ4n) is 2.27. The van der Waals surface area contributed by atoms with E-state index in [1.807, 2.05) is 13.1 Å². The van der Waals surface area contributed by atoms with Crippen LogP contribution in [0.4, 0.5) is 0 Å². The lowest BCUT2D eigenvalue weighted by Gasteiger charge is -2.20. The molecule has 21 heavy (non-hydrogen) atoms. The van der Waals surface area contributed by atoms with Crippen molar-refractivity contribution < 1.29 is 0 Å². The highest BCUT2D eigenvalue weighted by molar-refractivity contribution is 5.79. The van der Waals surface area contributed by atoms with Crippen LogP contribution in [0.25, 0.3) is 0 Å². The largest absolute Gasteiger partial charge is 0.356 e. The molecule has 0 amide bonds. The van der Waals surface area contributed by atoms with Crippen molar-refractivity contribution in [1.82, 2.24) is 15.5 Å². The number of hydrogen-bond acceptors (Lipinski definition) is 2. The van der Waals surface area contributed by atoms with Gasteiger partial charge in [-0.1, -0.05) is 44.2 Å². The molecule has 0 fully saturated rings. The van der Waals surface area contributed by atoms with Gasteiger partial charge in [0.1, 0.15) is 0 Å². The van der Waals surface area contributed by atoms with Crippen LogP contribution in [0, 0.1) is 0 Å². The molecule has 0 aliphatic rings. The first kappa shape index (κ1) is 17.5. The van der Waals surface area contributed by atoms with Crippen LogP contribution in [0.15, 0.2) is 35.3 Å². The second-order valence-electron chi connectivity index (χ2n) is 5.10. The lowest BCUT2D eigenvalue weighted by Crippen LogP contribution is -2.42. The zero-order valence-electron chi connectivity index (χ0n) is 13.7. The molecule has 0 aromatic heterocycles. The van der Waals surface area contributed by atoms with Gasteiger partial charge in [-0.2, -0.15) is 0 Å². The Hall–Kier alpha value is -1.55. The Kier molecular flexibility index (Phi) is 9.29. The molecule has 0 heterocycles. The topological polar surface area (TPSA) is 39.7 Å². The quantitative estimate of drug-likeness (QED) is 0.540. The van der Waals surface area contributed by atoms with Gasteiger partial charge < -0.3 is 15.5 Å². The van der Waals surface area contributed by atoms with Gasteiger partial charge >= 0.3 is 0 Å². The highest BCUT2D eigenvalue weighted by Gasteiger charge is 2.01. The van der Waals surface area contributed by atoms with Gasteiger partial charge in [-0.15, -0.1) is 0 Å². The molecule has 0 aliphatic heterocycles. The SMILES string of the molecule is CCCN(CC)CCNC(=NC)NCCc1ccccc1. The summed E-state index contributed by atoms with van der Waals surface area (Å²) < 4.78 is 0. The number of hydrogen-bond donors (Lipinski definition) is 2. The summed E-state index contributed by atoms with van der Waals surface area (Å²) in [6, 6.07) is 10.5. The van der Waals surface area contributed by atoms with Gasteiger partial charge in [0.15, 0.2) is 5.96 Å². The standard InChI is InChI=1S/C17H30N4/c1-4-14-21(5-2)15-13-20-17(18-3)19-12-11-16-9-7-6-8-10-16/h6-10H,4-5,11-15H2,1-3H3,(H2,18,19,20). The van der Waals surface area contributed by atoms with Gasteiger partial charge in [-0.05, 0) is 31.5 Å². The third-order valence-electron chi connectivity index (χ3n) is 3.48. The van der Waals surface area contributed by atoms with E-state index in [2.05, 4.69) is 58.6 Å². The van der Waals surface area contributed by atoms with Crippen LogP contribution in [-0.4, -0.2) is 50.6 Å². The zero-order valence-corrected chi connectivity index (χ0v) is 13.7. The fraction of sp³-hybridized carbons (Fsp3) is 0.588. The molecule has 0 saturated heterocycles. The second-order valence-corrected chi connectivity index (χ2v) is 5.10. The first-order valence-corrected chi connectivity index (χ1v) is 8.01. The Balaban J connectivity index is 2.20. The molecule has 4 heteroatoms. The summed E-state index contributed by atoms with van der Waals surface area (Å²) in [5.74, 6) is 0.887. The number of nitrogens with one attached hydrogen (secondary N) is 2. The molecule has 0 spiro atoms. The molecule has 118 valence electrons. The van der Waals surface area contributed by atoms with E-state index < -0.39 is 0 Å². The number of aliphatic imine (C=N–C) groups is 1. The minimum Gasteiger partial charge on any atom is -0.356 e. The van der Waals surface area contributed by atoms with Crippen LogP contribution < -0.4 is 10.6 Å². The maximum absolute atomic E-state index is 4.26. The Morgan fingerprint density at radius 3 is 2.38 bits per heavy atom. The molecular formula is C17H30N4. The first-order chi connectivity index (χ1) is 10.3. The van der Waals surface area contributed by atoms with Gasteiger partial charge in [0.25, 0.3) is 0 Å². The average Bonchev–Trinajstić information content (AvgIpc) is 2.53. The van der Waals surface area contributed by atoms with E-state index in [9.17, 15) is 0 Å². The van der Waals surface area contributed by atoms with Gasteiger partial charge in [0.05, 0.1) is 0 Å². The van der Waals surface area contributed by atoms with E-state index >= 15 is 0 Å². The number of rotatable bonds is 9. The third kappa shape index (κ3) is 7.71. The van der Waals surface area contributed by atoms with Crippen molar-refractivity contribution in [3.8, 4) is 0 Å². The molecule has 0 bridgehead atoms. The highest BCUT2D eigenvalue weighted by atomic mass is 15.2. The van der Waals surface area contributed by atoms with Crippen molar-refractivity contribution >= 4 is 5.96 Å². The molecule has 1 aromatic rings. The van der Waals surface area contributed by atoms with Crippen molar-refractivity contribution in [2.24, 2.45) is 4.99 Å². The summed E-state index contributed by atoms with van der Waals surface area (Å²) in [7, 11) is 1.82. The minimum atomic E-state index is 0.887. The summed E-state index contributed by atoms with van der Waals surface area (Å²) in [4.78, 5) is 6.71. The van der Waals surface area contributed by atoms with Crippen LogP contribution in [0.5, 0.6) is 0 Å². The molecule has 0 unspecified atom stereocenters. The van der Waals surface area contributed by atoms with Crippen molar-refractivity contribution in [1.29, 1.82) is 0 Å². The average molecular weight is 290 g/mol. The summed E-state index contributed by atoms with van der Waals surface area (Å²) in [6.45, 7) is 9.59. The van der Waals surface area contributed by atoms with E-state index in [1.54, 1.807) is 0 Å². The van der Waals surface area contributed by atoms with Gasteiger partial charge in [0.2, 0.25) is 0 Å². The molecule has 1 rings (SSSR count). The smallest absolute Gasteiger partial charge is 0.191 e. The van der Waals surface area contributed by atoms with E-state index in [0.29, 0.717) is 0 Å². The predicted molar refractivity (Wildman–Crippen MR) is 91.9 cm³/mol. The van der Waals surface area contributed by atoms with Crippen molar-refractivity contribution in [3.63, 3.8) is 0 Å². The van der Waals surface area contributed by atoms with Crippen molar-refractivity contribution in [2.45, 2.75) is 26.7 Å². The lowest BCUT2D eigenvalue weighted by molar-refractivity contribution is 0.293. The number of benzene rings is 1. The van der Waals surface area contributed by atoms with E-state index in [0.717, 1.165) is 45.1 Å².